The van der Waals surface area contributed by atoms with Gasteiger partial charge in [0, 0.05) is 30.2 Å². The summed E-state index contributed by atoms with van der Waals surface area (Å²) in [6.07, 6.45) is 4.90. The Balaban J connectivity index is 1.74. The second kappa shape index (κ2) is 9.43. The number of nitrogens with zero attached hydrogens (tertiary/aromatic N) is 1. The van der Waals surface area contributed by atoms with E-state index in [0.29, 0.717) is 0 Å². The fourth-order valence-corrected chi connectivity index (χ4v) is 4.36. The molecule has 0 aliphatic carbocycles. The number of piperidine rings is 1. The predicted octanol–water partition coefficient (Wildman–Crippen LogP) is 4.21. The highest BCUT2D eigenvalue weighted by atomic mass is 32.2. The van der Waals surface area contributed by atoms with Crippen molar-refractivity contribution in [1.82, 2.24) is 4.31 Å². The van der Waals surface area contributed by atoms with Gasteiger partial charge in [0.2, 0.25) is 0 Å². The van der Waals surface area contributed by atoms with Crippen molar-refractivity contribution in [2.45, 2.75) is 44.4 Å². The zero-order chi connectivity index (χ0) is 15.8. The van der Waals surface area contributed by atoms with E-state index < -0.39 is 0 Å². The quantitative estimate of drug-likeness (QED) is 0.556. The number of nitrogens with one attached hydrogen (secondary N) is 1. The summed E-state index contributed by atoms with van der Waals surface area (Å²) >= 11 is 1.91. The van der Waals surface area contributed by atoms with Crippen LogP contribution in [0.5, 0.6) is 0 Å². The van der Waals surface area contributed by atoms with E-state index in [1.54, 1.807) is 0 Å². The van der Waals surface area contributed by atoms with Crippen molar-refractivity contribution in [3.63, 3.8) is 0 Å². The van der Waals surface area contributed by atoms with Crippen LogP contribution < -0.4 is 11.1 Å². The maximum atomic E-state index is 5.51. The summed E-state index contributed by atoms with van der Waals surface area (Å²) in [4.78, 5) is 1.34. The number of nitrogens with two attached hydrogens (primary N) is 1. The zero-order valence-electron chi connectivity index (χ0n) is 14.1. The van der Waals surface area contributed by atoms with E-state index in [2.05, 4.69) is 47.7 Å². The van der Waals surface area contributed by atoms with E-state index in [-0.39, 0.29) is 0 Å². The van der Waals surface area contributed by atoms with Crippen molar-refractivity contribution in [1.29, 1.82) is 0 Å². The van der Waals surface area contributed by atoms with Gasteiger partial charge in [-0.2, -0.15) is 0 Å². The standard InChI is InChI=1S/C18H31N3S/c1-15-12-16(2)14-21(13-15)22-18-8-6-17(7-9-18)20-11-5-3-4-10-19/h6-9,15-16,20H,3-5,10-14,19H2,1-2H3/t15-,16+. The summed E-state index contributed by atoms with van der Waals surface area (Å²) in [5, 5.41) is 3.48. The second-order valence-corrected chi connectivity index (χ2v) is 7.86. The normalized spacial score (nSPS) is 22.7. The molecular formula is C18H31N3S. The van der Waals surface area contributed by atoms with Gasteiger partial charge in [0.15, 0.2) is 0 Å². The van der Waals surface area contributed by atoms with Crippen LogP contribution in [0.15, 0.2) is 29.2 Å². The van der Waals surface area contributed by atoms with Gasteiger partial charge in [-0.3, -0.25) is 0 Å². The lowest BCUT2D eigenvalue weighted by molar-refractivity contribution is 0.237. The highest BCUT2D eigenvalue weighted by molar-refractivity contribution is 7.97. The first-order chi connectivity index (χ1) is 10.7. The molecule has 22 heavy (non-hydrogen) atoms. The molecule has 124 valence electrons. The summed E-state index contributed by atoms with van der Waals surface area (Å²) < 4.78 is 2.52. The predicted molar refractivity (Wildman–Crippen MR) is 98.2 cm³/mol. The molecule has 1 heterocycles. The lowest BCUT2D eigenvalue weighted by atomic mass is 9.94. The number of anilines is 1. The SMILES string of the molecule is C[C@@H]1C[C@H](C)CN(Sc2ccc(NCCCCCN)cc2)C1. The summed E-state index contributed by atoms with van der Waals surface area (Å²) in [6, 6.07) is 8.86. The van der Waals surface area contributed by atoms with Crippen LogP contribution in [0.1, 0.15) is 39.5 Å². The third-order valence-corrected chi connectivity index (χ3v) is 5.17. The van der Waals surface area contributed by atoms with Crippen LogP contribution in [0, 0.1) is 11.8 Å². The van der Waals surface area contributed by atoms with Crippen LogP contribution in [0.25, 0.3) is 0 Å². The Hall–Kier alpha value is -0.710. The van der Waals surface area contributed by atoms with Gasteiger partial charge in [-0.25, -0.2) is 4.31 Å². The third kappa shape index (κ3) is 6.19. The van der Waals surface area contributed by atoms with Crippen molar-refractivity contribution in [2.75, 3.05) is 31.5 Å². The molecule has 3 nitrogen and oxygen atoms in total. The van der Waals surface area contributed by atoms with Crippen molar-refractivity contribution >= 4 is 17.6 Å². The Bertz CT molecular complexity index is 411. The van der Waals surface area contributed by atoms with Crippen LogP contribution in [0.2, 0.25) is 0 Å². The maximum absolute atomic E-state index is 5.51. The molecule has 2 atom stereocenters. The number of benzene rings is 1. The van der Waals surface area contributed by atoms with Gasteiger partial charge in [-0.15, -0.1) is 0 Å². The molecule has 0 saturated carbocycles. The minimum absolute atomic E-state index is 0.805. The molecule has 0 radical (unpaired) electrons. The molecule has 1 aliphatic rings. The molecule has 0 bridgehead atoms. The third-order valence-electron chi connectivity index (χ3n) is 4.13. The highest BCUT2D eigenvalue weighted by Gasteiger charge is 2.22. The molecule has 0 spiro atoms. The minimum atomic E-state index is 0.805. The largest absolute Gasteiger partial charge is 0.385 e. The Morgan fingerprint density at radius 3 is 2.41 bits per heavy atom. The molecule has 0 aromatic heterocycles. The average molecular weight is 322 g/mol. The van der Waals surface area contributed by atoms with Gasteiger partial charge in [0.25, 0.3) is 0 Å². The Morgan fingerprint density at radius 2 is 1.77 bits per heavy atom. The van der Waals surface area contributed by atoms with Crippen molar-refractivity contribution in [2.24, 2.45) is 17.6 Å². The van der Waals surface area contributed by atoms with E-state index >= 15 is 0 Å². The van der Waals surface area contributed by atoms with Crippen LogP contribution in [0.3, 0.4) is 0 Å². The summed E-state index contributed by atoms with van der Waals surface area (Å²) in [7, 11) is 0. The van der Waals surface area contributed by atoms with E-state index in [1.807, 2.05) is 11.9 Å². The number of rotatable bonds is 8. The molecule has 3 N–H and O–H groups in total. The van der Waals surface area contributed by atoms with Crippen molar-refractivity contribution in [3.8, 4) is 0 Å². The molecule has 2 rings (SSSR count). The van der Waals surface area contributed by atoms with Gasteiger partial charge in [0.05, 0.1) is 0 Å². The average Bonchev–Trinajstić information content (AvgIpc) is 2.48. The molecule has 1 aliphatic heterocycles. The fourth-order valence-electron chi connectivity index (χ4n) is 3.14. The monoisotopic (exact) mass is 321 g/mol. The van der Waals surface area contributed by atoms with Crippen LogP contribution in [-0.2, 0) is 0 Å². The number of hydrogen-bond donors (Lipinski definition) is 2. The van der Waals surface area contributed by atoms with Crippen molar-refractivity contribution < 1.29 is 0 Å². The summed E-state index contributed by atoms with van der Waals surface area (Å²) in [6.45, 7) is 8.97. The Morgan fingerprint density at radius 1 is 1.09 bits per heavy atom. The van der Waals surface area contributed by atoms with Crippen LogP contribution >= 0.6 is 11.9 Å². The van der Waals surface area contributed by atoms with Crippen LogP contribution in [-0.4, -0.2) is 30.5 Å². The lowest BCUT2D eigenvalue weighted by Crippen LogP contribution is -2.33. The zero-order valence-corrected chi connectivity index (χ0v) is 14.9. The van der Waals surface area contributed by atoms with Gasteiger partial charge in [-0.05, 0) is 73.9 Å². The smallest absolute Gasteiger partial charge is 0.0340 e. The Kier molecular flexibility index (Phi) is 7.56. The second-order valence-electron chi connectivity index (χ2n) is 6.68. The Labute approximate surface area is 140 Å². The molecule has 1 fully saturated rings. The lowest BCUT2D eigenvalue weighted by Gasteiger charge is -2.33. The molecule has 0 unspecified atom stereocenters. The molecule has 1 saturated heterocycles. The van der Waals surface area contributed by atoms with Gasteiger partial charge in [-0.1, -0.05) is 20.3 Å². The van der Waals surface area contributed by atoms with Crippen LogP contribution in [0.4, 0.5) is 5.69 Å². The first kappa shape index (κ1) is 17.6. The first-order valence-corrected chi connectivity index (χ1v) is 9.41. The molecule has 1 aromatic rings. The minimum Gasteiger partial charge on any atom is -0.385 e. The molecule has 0 amide bonds. The van der Waals surface area contributed by atoms with E-state index in [1.165, 1.54) is 42.9 Å². The molecular weight excluding hydrogens is 290 g/mol. The van der Waals surface area contributed by atoms with Gasteiger partial charge >= 0.3 is 0 Å². The summed E-state index contributed by atoms with van der Waals surface area (Å²) in [5.74, 6) is 1.62. The first-order valence-electron chi connectivity index (χ1n) is 8.64. The highest BCUT2D eigenvalue weighted by Crippen LogP contribution is 2.31. The van der Waals surface area contributed by atoms with Gasteiger partial charge in [0.1, 0.15) is 0 Å². The molecule has 1 aromatic carbocycles. The van der Waals surface area contributed by atoms with E-state index in [4.69, 9.17) is 5.73 Å². The fraction of sp³-hybridized carbons (Fsp3) is 0.667. The molecule has 4 heteroatoms. The number of unbranched alkanes of at least 4 members (excludes halogenated alkanes) is 2. The van der Waals surface area contributed by atoms with Crippen molar-refractivity contribution in [3.05, 3.63) is 24.3 Å². The number of hydrogen-bond acceptors (Lipinski definition) is 4. The van der Waals surface area contributed by atoms with E-state index in [0.717, 1.165) is 31.3 Å². The maximum Gasteiger partial charge on any atom is 0.0340 e. The topological polar surface area (TPSA) is 41.3 Å². The van der Waals surface area contributed by atoms with Gasteiger partial charge < -0.3 is 11.1 Å². The van der Waals surface area contributed by atoms with E-state index in [9.17, 15) is 0 Å². The summed E-state index contributed by atoms with van der Waals surface area (Å²) in [5.41, 5.74) is 6.73.